The molecule has 0 atom stereocenters. The molecule has 1 N–H and O–H groups in total. The van der Waals surface area contributed by atoms with Crippen LogP contribution in [0.4, 0.5) is 8.78 Å². The molecule has 1 fully saturated rings. The van der Waals surface area contributed by atoms with Crippen molar-refractivity contribution in [3.8, 4) is 0 Å². The van der Waals surface area contributed by atoms with Crippen molar-refractivity contribution in [3.63, 3.8) is 0 Å². The summed E-state index contributed by atoms with van der Waals surface area (Å²) in [6, 6.07) is 3.28. The SMILES string of the molecule is Cl.O=C1CNCCN1Cc1cc(F)ccc1F. The van der Waals surface area contributed by atoms with Gasteiger partial charge in [0.25, 0.3) is 0 Å². The van der Waals surface area contributed by atoms with Crippen molar-refractivity contribution in [2.75, 3.05) is 19.6 Å². The quantitative estimate of drug-likeness (QED) is 0.872. The molecular formula is C11H13ClF2N2O. The lowest BCUT2D eigenvalue weighted by atomic mass is 10.2. The van der Waals surface area contributed by atoms with Gasteiger partial charge in [0.2, 0.25) is 5.91 Å². The first-order valence-corrected chi connectivity index (χ1v) is 5.09. The zero-order valence-electron chi connectivity index (χ0n) is 9.08. The normalized spacial score (nSPS) is 15.6. The second-order valence-corrected chi connectivity index (χ2v) is 3.73. The van der Waals surface area contributed by atoms with Crippen LogP contribution in [-0.4, -0.2) is 30.4 Å². The maximum Gasteiger partial charge on any atom is 0.236 e. The molecule has 1 aliphatic heterocycles. The van der Waals surface area contributed by atoms with E-state index in [9.17, 15) is 13.6 Å². The van der Waals surface area contributed by atoms with Gasteiger partial charge in [-0.25, -0.2) is 8.78 Å². The van der Waals surface area contributed by atoms with Crippen molar-refractivity contribution in [1.82, 2.24) is 10.2 Å². The van der Waals surface area contributed by atoms with Crippen molar-refractivity contribution in [2.24, 2.45) is 0 Å². The lowest BCUT2D eigenvalue weighted by Gasteiger charge is -2.27. The van der Waals surface area contributed by atoms with Gasteiger partial charge in [-0.1, -0.05) is 0 Å². The van der Waals surface area contributed by atoms with E-state index >= 15 is 0 Å². The van der Waals surface area contributed by atoms with Crippen LogP contribution in [-0.2, 0) is 11.3 Å². The number of rotatable bonds is 2. The van der Waals surface area contributed by atoms with Crippen LogP contribution in [0.25, 0.3) is 0 Å². The summed E-state index contributed by atoms with van der Waals surface area (Å²) in [4.78, 5) is 13.0. The minimum Gasteiger partial charge on any atom is -0.336 e. The van der Waals surface area contributed by atoms with Gasteiger partial charge in [0, 0.05) is 25.2 Å². The van der Waals surface area contributed by atoms with Crippen molar-refractivity contribution in [3.05, 3.63) is 35.4 Å². The Kier molecular flexibility index (Phi) is 4.84. The van der Waals surface area contributed by atoms with E-state index in [0.29, 0.717) is 13.1 Å². The van der Waals surface area contributed by atoms with Crippen LogP contribution in [0.15, 0.2) is 18.2 Å². The average Bonchev–Trinajstić information content (AvgIpc) is 2.27. The Morgan fingerprint density at radius 2 is 2.12 bits per heavy atom. The van der Waals surface area contributed by atoms with Crippen molar-refractivity contribution in [2.45, 2.75) is 6.54 Å². The fourth-order valence-corrected chi connectivity index (χ4v) is 1.68. The lowest BCUT2D eigenvalue weighted by molar-refractivity contribution is -0.132. The molecule has 94 valence electrons. The van der Waals surface area contributed by atoms with E-state index < -0.39 is 11.6 Å². The molecule has 0 bridgehead atoms. The molecule has 0 saturated carbocycles. The molecule has 0 aromatic heterocycles. The molecule has 1 aromatic rings. The summed E-state index contributed by atoms with van der Waals surface area (Å²) in [6.45, 7) is 1.60. The number of carbonyl (C=O) groups is 1. The fourth-order valence-electron chi connectivity index (χ4n) is 1.68. The number of hydrogen-bond acceptors (Lipinski definition) is 2. The maximum absolute atomic E-state index is 13.3. The molecule has 6 heteroatoms. The van der Waals surface area contributed by atoms with Gasteiger partial charge in [-0.3, -0.25) is 4.79 Å². The van der Waals surface area contributed by atoms with Crippen LogP contribution in [0.3, 0.4) is 0 Å². The number of amides is 1. The van der Waals surface area contributed by atoms with Gasteiger partial charge in [-0.2, -0.15) is 0 Å². The Morgan fingerprint density at radius 3 is 2.82 bits per heavy atom. The van der Waals surface area contributed by atoms with Crippen LogP contribution >= 0.6 is 12.4 Å². The highest BCUT2D eigenvalue weighted by Gasteiger charge is 2.19. The van der Waals surface area contributed by atoms with Gasteiger partial charge in [0.15, 0.2) is 0 Å². The van der Waals surface area contributed by atoms with Crippen LogP contribution in [0.1, 0.15) is 5.56 Å². The highest BCUT2D eigenvalue weighted by atomic mass is 35.5. The summed E-state index contributed by atoms with van der Waals surface area (Å²) in [5.41, 5.74) is 0.218. The first-order valence-electron chi connectivity index (χ1n) is 5.09. The molecule has 0 aliphatic carbocycles. The molecule has 1 aromatic carbocycles. The van der Waals surface area contributed by atoms with Crippen LogP contribution < -0.4 is 5.32 Å². The standard InChI is InChI=1S/C11H12F2N2O.ClH/c12-9-1-2-10(13)8(5-9)7-15-4-3-14-6-11(15)16;/h1-2,5,14H,3-4,6-7H2;1H. The molecule has 1 amide bonds. The third-order valence-corrected chi connectivity index (χ3v) is 2.56. The highest BCUT2D eigenvalue weighted by Crippen LogP contribution is 2.13. The summed E-state index contributed by atoms with van der Waals surface area (Å²) in [5.74, 6) is -1.05. The molecule has 0 radical (unpaired) electrons. The topological polar surface area (TPSA) is 32.3 Å². The first-order chi connectivity index (χ1) is 7.66. The Hall–Kier alpha value is -1.20. The molecule has 1 heterocycles. The van der Waals surface area contributed by atoms with Gasteiger partial charge in [0.05, 0.1) is 6.54 Å². The molecule has 1 saturated heterocycles. The van der Waals surface area contributed by atoms with Gasteiger partial charge in [-0.05, 0) is 18.2 Å². The molecule has 0 unspecified atom stereocenters. The predicted molar refractivity (Wildman–Crippen MR) is 61.9 cm³/mol. The van der Waals surface area contributed by atoms with Gasteiger partial charge in [0.1, 0.15) is 11.6 Å². The summed E-state index contributed by atoms with van der Waals surface area (Å²) in [7, 11) is 0. The maximum atomic E-state index is 13.3. The molecule has 17 heavy (non-hydrogen) atoms. The Bertz CT molecular complexity index is 414. The second kappa shape index (κ2) is 5.93. The van der Waals surface area contributed by atoms with Crippen LogP contribution in [0, 0.1) is 11.6 Å². The van der Waals surface area contributed by atoms with E-state index in [1.807, 2.05) is 0 Å². The van der Waals surface area contributed by atoms with E-state index in [1.54, 1.807) is 0 Å². The number of nitrogens with one attached hydrogen (secondary N) is 1. The summed E-state index contributed by atoms with van der Waals surface area (Å²) >= 11 is 0. The Balaban J connectivity index is 0.00000144. The largest absolute Gasteiger partial charge is 0.336 e. The summed E-state index contributed by atoms with van der Waals surface area (Å²) < 4.78 is 26.2. The molecule has 0 spiro atoms. The minimum atomic E-state index is -0.487. The minimum absolute atomic E-state index is 0. The van der Waals surface area contributed by atoms with E-state index in [1.165, 1.54) is 4.90 Å². The van der Waals surface area contributed by atoms with Crippen molar-refractivity contribution < 1.29 is 13.6 Å². The fraction of sp³-hybridized carbons (Fsp3) is 0.364. The zero-order chi connectivity index (χ0) is 11.5. The zero-order valence-corrected chi connectivity index (χ0v) is 9.90. The number of piperazine rings is 1. The second-order valence-electron chi connectivity index (χ2n) is 3.73. The van der Waals surface area contributed by atoms with Crippen molar-refractivity contribution in [1.29, 1.82) is 0 Å². The number of hydrogen-bond donors (Lipinski definition) is 1. The summed E-state index contributed by atoms with van der Waals surface area (Å²) in [5, 5.41) is 2.92. The first kappa shape index (κ1) is 13.9. The smallest absolute Gasteiger partial charge is 0.236 e. The van der Waals surface area contributed by atoms with Gasteiger partial charge < -0.3 is 10.2 Å². The average molecular weight is 263 g/mol. The number of halogens is 3. The number of benzene rings is 1. The predicted octanol–water partition coefficient (Wildman–Crippen LogP) is 1.32. The van der Waals surface area contributed by atoms with Crippen LogP contribution in [0.2, 0.25) is 0 Å². The Labute approximate surface area is 104 Å². The highest BCUT2D eigenvalue weighted by molar-refractivity contribution is 5.85. The Morgan fingerprint density at radius 1 is 1.35 bits per heavy atom. The monoisotopic (exact) mass is 262 g/mol. The molecular weight excluding hydrogens is 250 g/mol. The van der Waals surface area contributed by atoms with E-state index in [2.05, 4.69) is 5.32 Å². The number of nitrogens with zero attached hydrogens (tertiary/aromatic N) is 1. The van der Waals surface area contributed by atoms with Crippen LogP contribution in [0.5, 0.6) is 0 Å². The third-order valence-electron chi connectivity index (χ3n) is 2.56. The third kappa shape index (κ3) is 3.38. The summed E-state index contributed by atoms with van der Waals surface area (Å²) in [6.07, 6.45) is 0. The molecule has 1 aliphatic rings. The van der Waals surface area contributed by atoms with Gasteiger partial charge >= 0.3 is 0 Å². The van der Waals surface area contributed by atoms with E-state index in [0.717, 1.165) is 18.2 Å². The lowest BCUT2D eigenvalue weighted by Crippen LogP contribution is -2.47. The van der Waals surface area contributed by atoms with E-state index in [4.69, 9.17) is 0 Å². The van der Waals surface area contributed by atoms with Gasteiger partial charge in [-0.15, -0.1) is 12.4 Å². The van der Waals surface area contributed by atoms with E-state index in [-0.39, 0.29) is 37.0 Å². The van der Waals surface area contributed by atoms with Crippen molar-refractivity contribution >= 4 is 18.3 Å². The number of carbonyl (C=O) groups excluding carboxylic acids is 1. The molecule has 2 rings (SSSR count). The molecule has 3 nitrogen and oxygen atoms in total.